The standard InChI is InChI=1S/C18H24N4/c1-19-18-16(4-2-10-21-18)14-22-13-3-5-17(22)7-6-15-8-11-20-12-9-15/h2,4,8-12,17H,3,5-7,13-14H2,1H3,(H,19,21). The topological polar surface area (TPSA) is 41.1 Å². The van der Waals surface area contributed by atoms with Gasteiger partial charge in [0.05, 0.1) is 0 Å². The molecule has 0 amide bonds. The van der Waals surface area contributed by atoms with Crippen LogP contribution in [-0.2, 0) is 13.0 Å². The van der Waals surface area contributed by atoms with Crippen molar-refractivity contribution in [3.8, 4) is 0 Å². The number of aryl methyl sites for hydroxylation is 1. The minimum atomic E-state index is 0.679. The number of hydrogen-bond acceptors (Lipinski definition) is 4. The summed E-state index contributed by atoms with van der Waals surface area (Å²) in [6.07, 6.45) is 10.6. The third kappa shape index (κ3) is 3.63. The molecular weight excluding hydrogens is 272 g/mol. The van der Waals surface area contributed by atoms with E-state index in [1.807, 2.05) is 31.7 Å². The lowest BCUT2D eigenvalue weighted by molar-refractivity contribution is 0.235. The van der Waals surface area contributed by atoms with Gasteiger partial charge in [-0.25, -0.2) is 4.98 Å². The first-order valence-electron chi connectivity index (χ1n) is 8.11. The van der Waals surface area contributed by atoms with E-state index in [9.17, 15) is 0 Å². The highest BCUT2D eigenvalue weighted by Gasteiger charge is 2.24. The van der Waals surface area contributed by atoms with E-state index < -0.39 is 0 Å². The second-order valence-electron chi connectivity index (χ2n) is 5.92. The lowest BCUT2D eigenvalue weighted by atomic mass is 10.0. The minimum Gasteiger partial charge on any atom is -0.373 e. The molecule has 4 heteroatoms. The Bertz CT molecular complexity index is 585. The van der Waals surface area contributed by atoms with Gasteiger partial charge in [-0.3, -0.25) is 9.88 Å². The summed E-state index contributed by atoms with van der Waals surface area (Å²) in [5, 5.41) is 3.20. The Morgan fingerprint density at radius 3 is 2.91 bits per heavy atom. The normalized spacial score (nSPS) is 18.5. The molecule has 0 saturated carbocycles. The van der Waals surface area contributed by atoms with Crippen LogP contribution < -0.4 is 5.32 Å². The number of nitrogens with one attached hydrogen (secondary N) is 1. The van der Waals surface area contributed by atoms with Crippen molar-refractivity contribution in [1.82, 2.24) is 14.9 Å². The lowest BCUT2D eigenvalue weighted by Gasteiger charge is -2.25. The summed E-state index contributed by atoms with van der Waals surface area (Å²) in [5.74, 6) is 1.00. The van der Waals surface area contributed by atoms with Crippen molar-refractivity contribution in [2.75, 3.05) is 18.9 Å². The van der Waals surface area contributed by atoms with E-state index in [-0.39, 0.29) is 0 Å². The molecule has 2 aromatic heterocycles. The van der Waals surface area contributed by atoms with Gasteiger partial charge >= 0.3 is 0 Å². The molecule has 0 radical (unpaired) electrons. The van der Waals surface area contributed by atoms with E-state index in [1.54, 1.807) is 0 Å². The third-order valence-electron chi connectivity index (χ3n) is 4.52. The Morgan fingerprint density at radius 1 is 1.23 bits per heavy atom. The number of pyridine rings is 2. The van der Waals surface area contributed by atoms with Crippen molar-refractivity contribution in [2.45, 2.75) is 38.3 Å². The summed E-state index contributed by atoms with van der Waals surface area (Å²) in [4.78, 5) is 11.1. The molecule has 3 heterocycles. The smallest absolute Gasteiger partial charge is 0.130 e. The van der Waals surface area contributed by atoms with Crippen molar-refractivity contribution in [3.63, 3.8) is 0 Å². The van der Waals surface area contributed by atoms with Gasteiger partial charge in [0.1, 0.15) is 5.82 Å². The van der Waals surface area contributed by atoms with Crippen molar-refractivity contribution < 1.29 is 0 Å². The van der Waals surface area contributed by atoms with Gasteiger partial charge < -0.3 is 5.32 Å². The van der Waals surface area contributed by atoms with Crippen molar-refractivity contribution in [2.24, 2.45) is 0 Å². The molecule has 116 valence electrons. The van der Waals surface area contributed by atoms with E-state index >= 15 is 0 Å². The predicted octanol–water partition coefficient (Wildman–Crippen LogP) is 3.12. The number of likely N-dealkylation sites (tertiary alicyclic amines) is 1. The fourth-order valence-electron chi connectivity index (χ4n) is 3.32. The van der Waals surface area contributed by atoms with Gasteiger partial charge in [0.2, 0.25) is 0 Å². The average molecular weight is 296 g/mol. The zero-order chi connectivity index (χ0) is 15.2. The molecule has 0 aromatic carbocycles. The third-order valence-corrected chi connectivity index (χ3v) is 4.52. The van der Waals surface area contributed by atoms with E-state index in [0.717, 1.165) is 18.8 Å². The van der Waals surface area contributed by atoms with Crippen LogP contribution in [0.2, 0.25) is 0 Å². The van der Waals surface area contributed by atoms with Gasteiger partial charge in [0, 0.05) is 43.8 Å². The molecule has 0 bridgehead atoms. The highest BCUT2D eigenvalue weighted by molar-refractivity contribution is 5.42. The molecule has 1 atom stereocenters. The Balaban J connectivity index is 1.61. The Labute approximate surface area is 132 Å². The fraction of sp³-hybridized carbons (Fsp3) is 0.444. The Hall–Kier alpha value is -1.94. The fourth-order valence-corrected chi connectivity index (χ4v) is 3.32. The first-order valence-corrected chi connectivity index (χ1v) is 8.11. The monoisotopic (exact) mass is 296 g/mol. The first kappa shape index (κ1) is 15.0. The van der Waals surface area contributed by atoms with Crippen LogP contribution in [0, 0.1) is 0 Å². The molecule has 3 rings (SSSR count). The molecule has 2 aromatic rings. The zero-order valence-electron chi connectivity index (χ0n) is 13.2. The maximum Gasteiger partial charge on any atom is 0.130 e. The minimum absolute atomic E-state index is 0.679. The van der Waals surface area contributed by atoms with Gasteiger partial charge in [-0.15, -0.1) is 0 Å². The predicted molar refractivity (Wildman–Crippen MR) is 89.8 cm³/mol. The van der Waals surface area contributed by atoms with Crippen LogP contribution in [0.5, 0.6) is 0 Å². The van der Waals surface area contributed by atoms with Crippen LogP contribution in [0.1, 0.15) is 30.4 Å². The number of hydrogen-bond donors (Lipinski definition) is 1. The SMILES string of the molecule is CNc1ncccc1CN1CCCC1CCc1ccncc1. The molecular formula is C18H24N4. The Morgan fingerprint density at radius 2 is 2.09 bits per heavy atom. The molecule has 0 spiro atoms. The molecule has 4 nitrogen and oxygen atoms in total. The lowest BCUT2D eigenvalue weighted by Crippen LogP contribution is -2.29. The van der Waals surface area contributed by atoms with Crippen LogP contribution >= 0.6 is 0 Å². The summed E-state index contributed by atoms with van der Waals surface area (Å²) in [7, 11) is 1.94. The number of nitrogens with zero attached hydrogens (tertiary/aromatic N) is 3. The van der Waals surface area contributed by atoms with Crippen LogP contribution in [-0.4, -0.2) is 34.5 Å². The van der Waals surface area contributed by atoms with Crippen molar-refractivity contribution >= 4 is 5.82 Å². The maximum atomic E-state index is 4.41. The van der Waals surface area contributed by atoms with Crippen LogP contribution in [0.4, 0.5) is 5.82 Å². The number of aromatic nitrogens is 2. The highest BCUT2D eigenvalue weighted by atomic mass is 15.2. The summed E-state index contributed by atoms with van der Waals surface area (Å²) < 4.78 is 0. The summed E-state index contributed by atoms with van der Waals surface area (Å²) in [5.41, 5.74) is 2.68. The summed E-state index contributed by atoms with van der Waals surface area (Å²) in [6.45, 7) is 2.18. The summed E-state index contributed by atoms with van der Waals surface area (Å²) >= 11 is 0. The van der Waals surface area contributed by atoms with Gasteiger partial charge in [-0.1, -0.05) is 6.07 Å². The van der Waals surface area contributed by atoms with Gasteiger partial charge in [-0.05, 0) is 56.0 Å². The second-order valence-corrected chi connectivity index (χ2v) is 5.92. The van der Waals surface area contributed by atoms with Crippen molar-refractivity contribution in [1.29, 1.82) is 0 Å². The molecule has 1 aliphatic heterocycles. The number of anilines is 1. The zero-order valence-corrected chi connectivity index (χ0v) is 13.2. The molecule has 1 N–H and O–H groups in total. The largest absolute Gasteiger partial charge is 0.373 e. The molecule has 1 aliphatic rings. The van der Waals surface area contributed by atoms with Gasteiger partial charge in [0.15, 0.2) is 0 Å². The van der Waals surface area contributed by atoms with Crippen LogP contribution in [0.15, 0.2) is 42.9 Å². The molecule has 1 fully saturated rings. The van der Waals surface area contributed by atoms with Crippen LogP contribution in [0.25, 0.3) is 0 Å². The number of rotatable bonds is 6. The van der Waals surface area contributed by atoms with E-state index in [1.165, 1.54) is 36.9 Å². The molecule has 1 unspecified atom stereocenters. The van der Waals surface area contributed by atoms with E-state index in [2.05, 4.69) is 38.4 Å². The highest BCUT2D eigenvalue weighted by Crippen LogP contribution is 2.25. The molecule has 0 aliphatic carbocycles. The van der Waals surface area contributed by atoms with Crippen molar-refractivity contribution in [3.05, 3.63) is 54.0 Å². The first-order chi connectivity index (χ1) is 10.9. The van der Waals surface area contributed by atoms with E-state index in [0.29, 0.717) is 6.04 Å². The average Bonchev–Trinajstić information content (AvgIpc) is 3.01. The molecule has 22 heavy (non-hydrogen) atoms. The second kappa shape index (κ2) is 7.36. The Kier molecular flexibility index (Phi) is 5.01. The van der Waals surface area contributed by atoms with Gasteiger partial charge in [0.25, 0.3) is 0 Å². The summed E-state index contributed by atoms with van der Waals surface area (Å²) in [6, 6.07) is 9.13. The molecule has 1 saturated heterocycles. The maximum absolute atomic E-state index is 4.41. The van der Waals surface area contributed by atoms with Crippen LogP contribution in [0.3, 0.4) is 0 Å². The quantitative estimate of drug-likeness (QED) is 0.889. The van der Waals surface area contributed by atoms with Gasteiger partial charge in [-0.2, -0.15) is 0 Å². The van der Waals surface area contributed by atoms with E-state index in [4.69, 9.17) is 0 Å².